The first-order valence-corrected chi connectivity index (χ1v) is 13.2. The third-order valence-corrected chi connectivity index (χ3v) is 7.94. The van der Waals surface area contributed by atoms with Gasteiger partial charge in [0.2, 0.25) is 5.91 Å². The van der Waals surface area contributed by atoms with Crippen LogP contribution in [-0.4, -0.2) is 56.9 Å². The number of benzene rings is 1. The normalized spacial score (nSPS) is 15.7. The number of aromatic nitrogens is 2. The second-order valence-corrected chi connectivity index (χ2v) is 10.9. The number of nitrogens with zero attached hydrogens (tertiary/aromatic N) is 4. The number of thiophene rings is 1. The molecule has 1 saturated heterocycles. The number of aliphatic imine (C=N–C) groups is 1. The van der Waals surface area contributed by atoms with Gasteiger partial charge in [-0.1, -0.05) is 24.3 Å². The van der Waals surface area contributed by atoms with Gasteiger partial charge in [-0.25, -0.2) is 4.98 Å². The largest absolute Gasteiger partial charge is 0.392 e. The number of amides is 1. The van der Waals surface area contributed by atoms with Gasteiger partial charge in [0.1, 0.15) is 11.4 Å². The lowest BCUT2D eigenvalue weighted by atomic mass is 9.91. The van der Waals surface area contributed by atoms with Crippen LogP contribution in [0.5, 0.6) is 0 Å². The van der Waals surface area contributed by atoms with Crippen LogP contribution in [-0.2, 0) is 24.3 Å². The van der Waals surface area contributed by atoms with Gasteiger partial charge < -0.3 is 21.5 Å². The van der Waals surface area contributed by atoms with Crippen molar-refractivity contribution in [2.75, 3.05) is 25.9 Å². The summed E-state index contributed by atoms with van der Waals surface area (Å²) in [5.74, 6) is 0.0893. The van der Waals surface area contributed by atoms with Crippen LogP contribution >= 0.6 is 11.3 Å². The minimum Gasteiger partial charge on any atom is -0.392 e. The molecule has 1 aliphatic heterocycles. The molecule has 3 aromatic rings. The van der Waals surface area contributed by atoms with E-state index in [0.29, 0.717) is 50.3 Å². The number of aryl methyl sites for hydroxylation is 2. The summed E-state index contributed by atoms with van der Waals surface area (Å²) in [7, 11) is 1.62. The zero-order chi connectivity index (χ0) is 26.6. The highest BCUT2D eigenvalue weighted by atomic mass is 32.1. The van der Waals surface area contributed by atoms with E-state index in [2.05, 4.69) is 29.0 Å². The van der Waals surface area contributed by atoms with Crippen LogP contribution in [0.2, 0.25) is 0 Å². The van der Waals surface area contributed by atoms with E-state index >= 15 is 0 Å². The number of piperidine rings is 1. The number of aliphatic hydroxyl groups is 1. The third-order valence-electron chi connectivity index (χ3n) is 6.88. The Morgan fingerprint density at radius 3 is 2.49 bits per heavy atom. The summed E-state index contributed by atoms with van der Waals surface area (Å²) in [6.45, 7) is 3.43. The van der Waals surface area contributed by atoms with Crippen molar-refractivity contribution in [2.24, 2.45) is 10.7 Å². The lowest BCUT2D eigenvalue weighted by molar-refractivity contribution is -0.135. The highest BCUT2D eigenvalue weighted by Crippen LogP contribution is 2.25. The zero-order valence-electron chi connectivity index (χ0n) is 21.3. The number of likely N-dealkylation sites (tertiary alicyclic amines) is 1. The quantitative estimate of drug-likeness (QED) is 0.387. The van der Waals surface area contributed by atoms with Crippen molar-refractivity contribution in [1.29, 1.82) is 0 Å². The van der Waals surface area contributed by atoms with Gasteiger partial charge in [-0.15, -0.1) is 11.3 Å². The average molecular weight is 523 g/mol. The van der Waals surface area contributed by atoms with Crippen molar-refractivity contribution in [3.05, 3.63) is 79.7 Å². The average Bonchev–Trinajstić information content (AvgIpc) is 3.32. The number of carbonyl (C=O) groups is 1. The van der Waals surface area contributed by atoms with Crippen LogP contribution in [0.25, 0.3) is 0 Å². The highest BCUT2D eigenvalue weighted by molar-refractivity contribution is 7.11. The number of nitrogens with two attached hydrogens (primary N) is 2. The van der Waals surface area contributed by atoms with Crippen molar-refractivity contribution in [3.63, 3.8) is 0 Å². The number of carbonyl (C=O) groups excluding carboxylic acids is 1. The van der Waals surface area contributed by atoms with Crippen LogP contribution in [0.15, 0.2) is 52.5 Å². The maximum atomic E-state index is 13.1. The van der Waals surface area contributed by atoms with E-state index in [1.54, 1.807) is 23.3 Å². The van der Waals surface area contributed by atoms with Crippen molar-refractivity contribution in [2.45, 2.75) is 51.3 Å². The van der Waals surface area contributed by atoms with E-state index in [1.807, 2.05) is 24.3 Å². The number of rotatable bonds is 8. The predicted octanol–water partition coefficient (Wildman–Crippen LogP) is 2.11. The van der Waals surface area contributed by atoms with E-state index in [0.717, 1.165) is 17.5 Å². The van der Waals surface area contributed by atoms with Gasteiger partial charge in [0.15, 0.2) is 0 Å². The molecule has 0 saturated carbocycles. The first-order valence-electron chi connectivity index (χ1n) is 12.4. The van der Waals surface area contributed by atoms with Gasteiger partial charge in [-0.2, -0.15) is 0 Å². The van der Waals surface area contributed by atoms with Gasteiger partial charge in [0.25, 0.3) is 5.56 Å². The summed E-state index contributed by atoms with van der Waals surface area (Å²) in [4.78, 5) is 38.8. The summed E-state index contributed by atoms with van der Waals surface area (Å²) in [5, 5.41) is 11.2. The molecule has 0 unspecified atom stereocenters. The number of anilines is 1. The Labute approximate surface area is 220 Å². The number of hydrogen-bond donors (Lipinski definition) is 3. The lowest BCUT2D eigenvalue weighted by Gasteiger charge is -2.38. The zero-order valence-corrected chi connectivity index (χ0v) is 22.1. The van der Waals surface area contributed by atoms with Gasteiger partial charge >= 0.3 is 0 Å². The van der Waals surface area contributed by atoms with E-state index in [9.17, 15) is 14.7 Å². The molecule has 196 valence electrons. The van der Waals surface area contributed by atoms with E-state index in [-0.39, 0.29) is 18.1 Å². The molecule has 4 rings (SSSR count). The Morgan fingerprint density at radius 1 is 1.19 bits per heavy atom. The Bertz CT molecular complexity index is 1340. The molecule has 0 spiro atoms. The fourth-order valence-electron chi connectivity index (χ4n) is 4.63. The number of hydrogen-bond acceptors (Lipinski definition) is 8. The molecule has 0 aliphatic carbocycles. The Kier molecular flexibility index (Phi) is 8.21. The van der Waals surface area contributed by atoms with Gasteiger partial charge in [-0.3, -0.25) is 19.1 Å². The standard InChI is InChI=1S/C27H34N6O3S/c1-18-3-8-21(37-18)9-10-22(34)32-13-11-27(36,12-14-32)16-33-17-31-25(23(29)26(33)35)24(30-2)20-6-4-19(15-28)5-7-20/h3-8,17,36H,9-16,28-29H2,1-2H3. The van der Waals surface area contributed by atoms with Crippen molar-refractivity contribution in [3.8, 4) is 0 Å². The number of nitrogen functional groups attached to an aromatic ring is 1. The molecule has 3 heterocycles. The minimum absolute atomic E-state index is 0.0222. The molecule has 1 fully saturated rings. The molecule has 1 amide bonds. The van der Waals surface area contributed by atoms with Crippen LogP contribution in [0, 0.1) is 6.92 Å². The van der Waals surface area contributed by atoms with Crippen molar-refractivity contribution >= 4 is 28.6 Å². The Morgan fingerprint density at radius 2 is 1.89 bits per heavy atom. The van der Waals surface area contributed by atoms with Crippen LogP contribution in [0.4, 0.5) is 5.69 Å². The molecule has 0 bridgehead atoms. The van der Waals surface area contributed by atoms with Gasteiger partial charge in [-0.05, 0) is 43.9 Å². The lowest BCUT2D eigenvalue weighted by Crippen LogP contribution is -2.50. The van der Waals surface area contributed by atoms with E-state index in [1.165, 1.54) is 20.6 Å². The van der Waals surface area contributed by atoms with Crippen molar-refractivity contribution < 1.29 is 9.90 Å². The summed E-state index contributed by atoms with van der Waals surface area (Å²) in [6, 6.07) is 11.7. The van der Waals surface area contributed by atoms with Crippen molar-refractivity contribution in [1.82, 2.24) is 14.5 Å². The topological polar surface area (TPSA) is 140 Å². The Hall–Kier alpha value is -3.34. The van der Waals surface area contributed by atoms with Crippen LogP contribution in [0.1, 0.15) is 45.8 Å². The molecule has 2 aromatic heterocycles. The first-order chi connectivity index (χ1) is 17.7. The summed E-state index contributed by atoms with van der Waals surface area (Å²) in [5.41, 5.74) is 12.9. The first kappa shape index (κ1) is 26.7. The summed E-state index contributed by atoms with van der Waals surface area (Å²) < 4.78 is 1.35. The smallest absolute Gasteiger partial charge is 0.277 e. The molecule has 1 aromatic carbocycles. The third kappa shape index (κ3) is 6.15. The fourth-order valence-corrected chi connectivity index (χ4v) is 5.52. The molecular formula is C27H34N6O3S. The maximum absolute atomic E-state index is 13.1. The van der Waals surface area contributed by atoms with Gasteiger partial charge in [0.05, 0.1) is 24.2 Å². The van der Waals surface area contributed by atoms with Crippen LogP contribution < -0.4 is 17.0 Å². The molecule has 0 atom stereocenters. The van der Waals surface area contributed by atoms with E-state index < -0.39 is 11.2 Å². The molecular weight excluding hydrogens is 488 g/mol. The van der Waals surface area contributed by atoms with Gasteiger partial charge in [0, 0.05) is 48.4 Å². The summed E-state index contributed by atoms with van der Waals surface area (Å²) >= 11 is 1.71. The highest BCUT2D eigenvalue weighted by Gasteiger charge is 2.35. The fraction of sp³-hybridized carbons (Fsp3) is 0.407. The van der Waals surface area contributed by atoms with E-state index in [4.69, 9.17) is 11.5 Å². The molecule has 10 heteroatoms. The summed E-state index contributed by atoms with van der Waals surface area (Å²) in [6.07, 6.45) is 3.34. The second-order valence-electron chi connectivity index (χ2n) is 9.53. The molecule has 0 radical (unpaired) electrons. The molecule has 5 N–H and O–H groups in total. The molecule has 37 heavy (non-hydrogen) atoms. The molecule has 9 nitrogen and oxygen atoms in total. The minimum atomic E-state index is -1.12. The monoisotopic (exact) mass is 522 g/mol. The Balaban J connectivity index is 1.40. The molecule has 1 aliphatic rings. The predicted molar refractivity (Wildman–Crippen MR) is 147 cm³/mol. The SMILES string of the molecule is CN=C(c1ccc(CN)cc1)c1ncn(CC2(O)CCN(C(=O)CCc3ccc(C)s3)CC2)c(=O)c1N. The maximum Gasteiger partial charge on any atom is 0.277 e. The second kappa shape index (κ2) is 11.4. The van der Waals surface area contributed by atoms with Crippen LogP contribution in [0.3, 0.4) is 0 Å².